The highest BCUT2D eigenvalue weighted by Crippen LogP contribution is 2.22. The molecule has 0 radical (unpaired) electrons. The van der Waals surface area contributed by atoms with E-state index in [1.807, 2.05) is 64.1 Å². The number of amides is 2. The van der Waals surface area contributed by atoms with Crippen molar-refractivity contribution in [2.75, 3.05) is 30.2 Å². The summed E-state index contributed by atoms with van der Waals surface area (Å²) in [4.78, 5) is 28.2. The lowest BCUT2D eigenvalue weighted by Crippen LogP contribution is -2.53. The third kappa shape index (κ3) is 8.69. The van der Waals surface area contributed by atoms with Gasteiger partial charge in [-0.1, -0.05) is 56.7 Å². The van der Waals surface area contributed by atoms with E-state index in [0.29, 0.717) is 31.6 Å². The van der Waals surface area contributed by atoms with E-state index in [2.05, 4.69) is 5.32 Å². The van der Waals surface area contributed by atoms with Gasteiger partial charge in [0.05, 0.1) is 11.9 Å². The maximum atomic E-state index is 13.6. The molecule has 0 saturated carbocycles. The predicted molar refractivity (Wildman–Crippen MR) is 142 cm³/mol. The van der Waals surface area contributed by atoms with E-state index < -0.39 is 22.0 Å². The first-order chi connectivity index (χ1) is 16.6. The molecule has 8 heteroatoms. The number of aryl methyl sites for hydroxylation is 2. The summed E-state index contributed by atoms with van der Waals surface area (Å²) in [6, 6.07) is 14.5. The van der Waals surface area contributed by atoms with Crippen molar-refractivity contribution in [3.05, 3.63) is 65.2 Å². The molecule has 7 nitrogen and oxygen atoms in total. The largest absolute Gasteiger partial charge is 0.354 e. The topological polar surface area (TPSA) is 86.8 Å². The van der Waals surface area contributed by atoms with E-state index in [1.54, 1.807) is 12.1 Å². The van der Waals surface area contributed by atoms with Crippen LogP contribution in [0.1, 0.15) is 49.8 Å². The molecular formula is C27H39N3O4S. The van der Waals surface area contributed by atoms with Gasteiger partial charge in [0.2, 0.25) is 21.8 Å². The number of nitrogens with one attached hydrogen (secondary N) is 1. The van der Waals surface area contributed by atoms with Crippen LogP contribution in [0.5, 0.6) is 0 Å². The average molecular weight is 502 g/mol. The standard InChI is InChI=1S/C27H39N3O4S/c1-6-8-15-28-27(32)25(7-2)29(16-14-23-12-10-9-11-13-23)26(31)20-30(35(5,33)34)24-18-21(3)17-22(4)19-24/h9-13,17-19,25H,6-8,14-16,20H2,1-5H3,(H,28,32)/t25-/m1/s1. The number of sulfonamides is 1. The number of hydrogen-bond donors (Lipinski definition) is 1. The molecule has 2 rings (SSSR count). The zero-order valence-corrected chi connectivity index (χ0v) is 22.4. The number of benzene rings is 2. The number of carbonyl (C=O) groups excluding carboxylic acids is 2. The van der Waals surface area contributed by atoms with E-state index in [-0.39, 0.29) is 12.5 Å². The molecule has 0 bridgehead atoms. The number of hydrogen-bond acceptors (Lipinski definition) is 4. The van der Waals surface area contributed by atoms with Gasteiger partial charge in [0, 0.05) is 13.1 Å². The SMILES string of the molecule is CCCCNC(=O)[C@@H](CC)N(CCc1ccccc1)C(=O)CN(c1cc(C)cc(C)c1)S(C)(=O)=O. The van der Waals surface area contributed by atoms with Crippen LogP contribution in [0.3, 0.4) is 0 Å². The van der Waals surface area contributed by atoms with Gasteiger partial charge in [0.25, 0.3) is 0 Å². The Hall–Kier alpha value is -2.87. The third-order valence-electron chi connectivity index (χ3n) is 5.87. The van der Waals surface area contributed by atoms with E-state index in [4.69, 9.17) is 0 Å². The van der Waals surface area contributed by atoms with Crippen LogP contribution in [0.15, 0.2) is 48.5 Å². The van der Waals surface area contributed by atoms with E-state index in [0.717, 1.165) is 40.1 Å². The lowest BCUT2D eigenvalue weighted by Gasteiger charge is -2.33. The van der Waals surface area contributed by atoms with Crippen LogP contribution < -0.4 is 9.62 Å². The summed E-state index contributed by atoms with van der Waals surface area (Å²) in [6.45, 7) is 8.18. The van der Waals surface area contributed by atoms with Crippen LogP contribution in [0.2, 0.25) is 0 Å². The fraction of sp³-hybridized carbons (Fsp3) is 0.481. The average Bonchev–Trinajstić information content (AvgIpc) is 2.79. The van der Waals surface area contributed by atoms with Gasteiger partial charge in [-0.2, -0.15) is 0 Å². The molecule has 0 spiro atoms. The number of carbonyl (C=O) groups is 2. The van der Waals surface area contributed by atoms with Gasteiger partial charge >= 0.3 is 0 Å². The first kappa shape index (κ1) is 28.4. The van der Waals surface area contributed by atoms with E-state index in [1.165, 1.54) is 4.90 Å². The summed E-state index contributed by atoms with van der Waals surface area (Å²) in [6.07, 6.45) is 3.90. The molecule has 0 unspecified atom stereocenters. The lowest BCUT2D eigenvalue weighted by molar-refractivity contribution is -0.139. The summed E-state index contributed by atoms with van der Waals surface area (Å²) in [5.74, 6) is -0.609. The fourth-order valence-corrected chi connectivity index (χ4v) is 4.94. The van der Waals surface area contributed by atoms with Crippen molar-refractivity contribution in [2.24, 2.45) is 0 Å². The molecule has 0 fully saturated rings. The summed E-state index contributed by atoms with van der Waals surface area (Å²) < 4.78 is 26.6. The minimum Gasteiger partial charge on any atom is -0.354 e. The summed E-state index contributed by atoms with van der Waals surface area (Å²) in [5, 5.41) is 2.93. The molecule has 0 aliphatic carbocycles. The zero-order valence-electron chi connectivity index (χ0n) is 21.6. The fourth-order valence-electron chi connectivity index (χ4n) is 4.11. The molecule has 0 saturated heterocycles. The molecule has 2 amide bonds. The van der Waals surface area contributed by atoms with Crippen molar-refractivity contribution in [1.29, 1.82) is 0 Å². The molecule has 0 aliphatic heterocycles. The Labute approximate surface area is 210 Å². The number of nitrogens with zero attached hydrogens (tertiary/aromatic N) is 2. The van der Waals surface area contributed by atoms with Crippen molar-refractivity contribution >= 4 is 27.5 Å². The maximum absolute atomic E-state index is 13.6. The molecule has 1 N–H and O–H groups in total. The molecule has 35 heavy (non-hydrogen) atoms. The van der Waals surface area contributed by atoms with Gasteiger partial charge in [-0.15, -0.1) is 0 Å². The van der Waals surface area contributed by atoms with Crippen LogP contribution >= 0.6 is 0 Å². The Bertz CT molecular complexity index is 1070. The van der Waals surface area contributed by atoms with Gasteiger partial charge in [-0.25, -0.2) is 8.42 Å². The van der Waals surface area contributed by atoms with Crippen LogP contribution in [0.4, 0.5) is 5.69 Å². The highest BCUT2D eigenvalue weighted by molar-refractivity contribution is 7.92. The third-order valence-corrected chi connectivity index (χ3v) is 7.01. The molecular weight excluding hydrogens is 462 g/mol. The smallest absolute Gasteiger partial charge is 0.244 e. The van der Waals surface area contributed by atoms with Gasteiger partial charge in [-0.3, -0.25) is 13.9 Å². The quantitative estimate of drug-likeness (QED) is 0.423. The second kappa shape index (κ2) is 13.3. The van der Waals surface area contributed by atoms with E-state index in [9.17, 15) is 18.0 Å². The van der Waals surface area contributed by atoms with Crippen LogP contribution in [-0.4, -0.2) is 57.1 Å². The van der Waals surface area contributed by atoms with Crippen molar-refractivity contribution in [3.63, 3.8) is 0 Å². The Morgan fingerprint density at radius 3 is 2.17 bits per heavy atom. The highest BCUT2D eigenvalue weighted by Gasteiger charge is 2.31. The first-order valence-corrected chi connectivity index (χ1v) is 14.1. The van der Waals surface area contributed by atoms with Crippen molar-refractivity contribution < 1.29 is 18.0 Å². The van der Waals surface area contributed by atoms with Gasteiger partial charge in [0.15, 0.2) is 0 Å². The predicted octanol–water partition coefficient (Wildman–Crippen LogP) is 3.84. The van der Waals surface area contributed by atoms with Gasteiger partial charge in [0.1, 0.15) is 12.6 Å². The van der Waals surface area contributed by atoms with Gasteiger partial charge in [-0.05, 0) is 61.9 Å². The van der Waals surface area contributed by atoms with Crippen molar-refractivity contribution in [2.45, 2.75) is 59.4 Å². The second-order valence-corrected chi connectivity index (χ2v) is 10.9. The molecule has 0 aliphatic rings. The molecule has 0 aromatic heterocycles. The zero-order chi connectivity index (χ0) is 26.0. The molecule has 1 atom stereocenters. The monoisotopic (exact) mass is 501 g/mol. The second-order valence-electron chi connectivity index (χ2n) is 9.01. The van der Waals surface area contributed by atoms with Crippen LogP contribution in [-0.2, 0) is 26.0 Å². The Morgan fingerprint density at radius 2 is 1.63 bits per heavy atom. The Morgan fingerprint density at radius 1 is 1.00 bits per heavy atom. The van der Waals surface area contributed by atoms with Crippen LogP contribution in [0.25, 0.3) is 0 Å². The molecule has 192 valence electrons. The lowest BCUT2D eigenvalue weighted by atomic mass is 10.1. The summed E-state index contributed by atoms with van der Waals surface area (Å²) >= 11 is 0. The maximum Gasteiger partial charge on any atom is 0.244 e. The molecule has 0 heterocycles. The summed E-state index contributed by atoms with van der Waals surface area (Å²) in [7, 11) is -3.73. The number of unbranched alkanes of at least 4 members (excludes halogenated alkanes) is 1. The van der Waals surface area contributed by atoms with Crippen LogP contribution in [0, 0.1) is 13.8 Å². The van der Waals surface area contributed by atoms with E-state index >= 15 is 0 Å². The normalized spacial score (nSPS) is 12.1. The summed E-state index contributed by atoms with van der Waals surface area (Å²) in [5.41, 5.74) is 3.30. The molecule has 2 aromatic rings. The minimum absolute atomic E-state index is 0.209. The Balaban J connectivity index is 2.35. The van der Waals surface area contributed by atoms with Crippen molar-refractivity contribution in [1.82, 2.24) is 10.2 Å². The Kier molecular flexibility index (Phi) is 10.8. The van der Waals surface area contributed by atoms with Gasteiger partial charge < -0.3 is 10.2 Å². The highest BCUT2D eigenvalue weighted by atomic mass is 32.2. The first-order valence-electron chi connectivity index (χ1n) is 12.2. The van der Waals surface area contributed by atoms with Crippen molar-refractivity contribution in [3.8, 4) is 0 Å². The number of anilines is 1. The number of rotatable bonds is 13. The minimum atomic E-state index is -3.73. The molecule has 2 aromatic carbocycles.